The fourth-order valence-corrected chi connectivity index (χ4v) is 4.38. The maximum atomic E-state index is 12.8. The van der Waals surface area contributed by atoms with E-state index in [1.54, 1.807) is 48.5 Å². The van der Waals surface area contributed by atoms with E-state index in [0.717, 1.165) is 12.0 Å². The van der Waals surface area contributed by atoms with Crippen molar-refractivity contribution in [2.24, 2.45) is 0 Å². The molecule has 0 N–H and O–H groups in total. The molecule has 3 nitrogen and oxygen atoms in total. The Labute approximate surface area is 138 Å². The molecule has 1 atom stereocenters. The van der Waals surface area contributed by atoms with Crippen LogP contribution in [0.5, 0.6) is 0 Å². The van der Waals surface area contributed by atoms with Gasteiger partial charge < -0.3 is 0 Å². The fourth-order valence-electron chi connectivity index (χ4n) is 2.56. The second-order valence-corrected chi connectivity index (χ2v) is 7.99. The molecule has 0 fully saturated rings. The van der Waals surface area contributed by atoms with Gasteiger partial charge >= 0.3 is 0 Å². The summed E-state index contributed by atoms with van der Waals surface area (Å²) >= 11 is 0. The number of aryl methyl sites for hydroxylation is 1. The maximum absolute atomic E-state index is 12.8. The molecule has 2 aromatic carbocycles. The van der Waals surface area contributed by atoms with E-state index in [1.165, 1.54) is 0 Å². The van der Waals surface area contributed by atoms with Crippen LogP contribution in [0.15, 0.2) is 59.5 Å². The Morgan fingerprint density at radius 2 is 1.61 bits per heavy atom. The number of carbonyl (C=O) groups is 1. The molecule has 4 heteroatoms. The lowest BCUT2D eigenvalue weighted by atomic mass is 10.0. The minimum Gasteiger partial charge on any atom is -0.294 e. The summed E-state index contributed by atoms with van der Waals surface area (Å²) in [5.41, 5.74) is 1.57. The monoisotopic (exact) mass is 330 g/mol. The van der Waals surface area contributed by atoms with E-state index in [1.807, 2.05) is 19.9 Å². The molecular formula is C19H22O3S. The van der Waals surface area contributed by atoms with Crippen molar-refractivity contribution in [1.29, 1.82) is 0 Å². The Bertz CT molecular complexity index is 747. The van der Waals surface area contributed by atoms with Crippen molar-refractivity contribution in [2.45, 2.75) is 43.3 Å². The zero-order valence-electron chi connectivity index (χ0n) is 13.5. The first-order chi connectivity index (χ1) is 10.9. The van der Waals surface area contributed by atoms with Crippen molar-refractivity contribution in [2.75, 3.05) is 0 Å². The maximum Gasteiger partial charge on any atom is 0.181 e. The highest BCUT2D eigenvalue weighted by Gasteiger charge is 2.29. The largest absolute Gasteiger partial charge is 0.294 e. The molecule has 0 bridgehead atoms. The summed E-state index contributed by atoms with van der Waals surface area (Å²) in [6.45, 7) is 3.85. The lowest BCUT2D eigenvalue weighted by Gasteiger charge is -2.17. The van der Waals surface area contributed by atoms with Crippen LogP contribution in [0.3, 0.4) is 0 Å². The minimum absolute atomic E-state index is 0.0219. The zero-order valence-corrected chi connectivity index (χ0v) is 14.3. The third-order valence-corrected chi connectivity index (χ3v) is 6.12. The van der Waals surface area contributed by atoms with Gasteiger partial charge in [0.05, 0.1) is 10.1 Å². The number of sulfone groups is 1. The molecule has 0 aliphatic rings. The van der Waals surface area contributed by atoms with E-state index in [-0.39, 0.29) is 12.2 Å². The molecule has 2 aromatic rings. The molecule has 0 spiro atoms. The fraction of sp³-hybridized carbons (Fsp3) is 0.316. The Morgan fingerprint density at radius 3 is 2.17 bits per heavy atom. The number of hydrogen-bond donors (Lipinski definition) is 0. The van der Waals surface area contributed by atoms with Crippen LogP contribution in [0.25, 0.3) is 0 Å². The van der Waals surface area contributed by atoms with Crippen molar-refractivity contribution in [3.63, 3.8) is 0 Å². The summed E-state index contributed by atoms with van der Waals surface area (Å²) in [6.07, 6.45) is 1.22. The van der Waals surface area contributed by atoms with E-state index < -0.39 is 15.1 Å². The minimum atomic E-state index is -3.50. The summed E-state index contributed by atoms with van der Waals surface area (Å²) in [7, 11) is -3.50. The summed E-state index contributed by atoms with van der Waals surface area (Å²) in [6, 6.07) is 15.7. The van der Waals surface area contributed by atoms with Gasteiger partial charge in [-0.3, -0.25) is 4.79 Å². The second-order valence-electron chi connectivity index (χ2n) is 5.76. The van der Waals surface area contributed by atoms with Gasteiger partial charge in [0, 0.05) is 12.0 Å². The lowest BCUT2D eigenvalue weighted by molar-refractivity contribution is 0.0980. The molecule has 0 saturated carbocycles. The number of Topliss-reactive ketones (excluding diaryl/α,β-unsaturated/α-hetero) is 1. The number of rotatable bonds is 7. The van der Waals surface area contributed by atoms with Crippen LogP contribution in [0, 0.1) is 6.92 Å². The Hall–Kier alpha value is -1.94. The van der Waals surface area contributed by atoms with Gasteiger partial charge in [-0.15, -0.1) is 0 Å². The quantitative estimate of drug-likeness (QED) is 0.715. The van der Waals surface area contributed by atoms with Gasteiger partial charge in [-0.05, 0) is 25.5 Å². The number of hydrogen-bond acceptors (Lipinski definition) is 3. The first-order valence-corrected chi connectivity index (χ1v) is 9.38. The highest BCUT2D eigenvalue weighted by atomic mass is 32.2. The number of benzene rings is 2. The Balaban J connectivity index is 2.27. The van der Waals surface area contributed by atoms with Crippen LogP contribution in [-0.2, 0) is 9.84 Å². The van der Waals surface area contributed by atoms with E-state index in [9.17, 15) is 13.2 Å². The van der Waals surface area contributed by atoms with Gasteiger partial charge in [0.1, 0.15) is 0 Å². The van der Waals surface area contributed by atoms with E-state index >= 15 is 0 Å². The molecule has 0 heterocycles. The lowest BCUT2D eigenvalue weighted by Crippen LogP contribution is -2.25. The molecule has 0 aromatic heterocycles. The SMILES string of the molecule is CCC[C@@H](CC(=O)c1ccccc1)S(=O)(=O)c1ccc(C)cc1. The highest BCUT2D eigenvalue weighted by molar-refractivity contribution is 7.92. The van der Waals surface area contributed by atoms with Crippen molar-refractivity contribution < 1.29 is 13.2 Å². The predicted octanol–water partition coefficient (Wildman–Crippen LogP) is 4.21. The molecule has 0 saturated heterocycles. The van der Waals surface area contributed by atoms with Crippen molar-refractivity contribution in [3.8, 4) is 0 Å². The molecular weight excluding hydrogens is 308 g/mol. The van der Waals surface area contributed by atoms with E-state index in [0.29, 0.717) is 16.9 Å². The third-order valence-electron chi connectivity index (χ3n) is 3.91. The van der Waals surface area contributed by atoms with Gasteiger partial charge in [0.25, 0.3) is 0 Å². The van der Waals surface area contributed by atoms with Crippen LogP contribution in [0.4, 0.5) is 0 Å². The zero-order chi connectivity index (χ0) is 16.9. The molecule has 0 amide bonds. The molecule has 122 valence electrons. The van der Waals surface area contributed by atoms with E-state index in [2.05, 4.69) is 0 Å². The van der Waals surface area contributed by atoms with Crippen LogP contribution in [-0.4, -0.2) is 19.5 Å². The highest BCUT2D eigenvalue weighted by Crippen LogP contribution is 2.24. The smallest absolute Gasteiger partial charge is 0.181 e. The standard InChI is InChI=1S/C19H22O3S/c1-3-7-18(14-19(20)16-8-5-4-6-9-16)23(21,22)17-12-10-15(2)11-13-17/h4-6,8-13,18H,3,7,14H2,1-2H3/t18-/m0/s1. The summed E-state index contributed by atoms with van der Waals surface area (Å²) in [5, 5.41) is -0.678. The van der Waals surface area contributed by atoms with E-state index in [4.69, 9.17) is 0 Å². The van der Waals surface area contributed by atoms with Gasteiger partial charge in [-0.1, -0.05) is 61.4 Å². The van der Waals surface area contributed by atoms with Gasteiger partial charge in [0.2, 0.25) is 0 Å². The van der Waals surface area contributed by atoms with Crippen molar-refractivity contribution in [1.82, 2.24) is 0 Å². The van der Waals surface area contributed by atoms with Gasteiger partial charge in [-0.25, -0.2) is 8.42 Å². The molecule has 0 aliphatic carbocycles. The van der Waals surface area contributed by atoms with Crippen LogP contribution in [0.1, 0.15) is 42.1 Å². The molecule has 23 heavy (non-hydrogen) atoms. The molecule has 2 rings (SSSR count). The van der Waals surface area contributed by atoms with Crippen LogP contribution in [0.2, 0.25) is 0 Å². The van der Waals surface area contributed by atoms with Crippen molar-refractivity contribution >= 4 is 15.6 Å². The number of ketones is 1. The summed E-state index contributed by atoms with van der Waals surface area (Å²) in [4.78, 5) is 12.7. The number of carbonyl (C=O) groups excluding carboxylic acids is 1. The normalized spacial score (nSPS) is 12.8. The molecule has 0 radical (unpaired) electrons. The first kappa shape index (κ1) is 17.4. The average molecular weight is 330 g/mol. The van der Waals surface area contributed by atoms with Gasteiger partial charge in [-0.2, -0.15) is 0 Å². The Morgan fingerprint density at radius 1 is 1.00 bits per heavy atom. The average Bonchev–Trinajstić information content (AvgIpc) is 2.55. The Kier molecular flexibility index (Phi) is 5.72. The topological polar surface area (TPSA) is 51.2 Å². The molecule has 0 unspecified atom stereocenters. The van der Waals surface area contributed by atoms with Gasteiger partial charge in [0.15, 0.2) is 15.6 Å². The summed E-state index contributed by atoms with van der Waals surface area (Å²) < 4.78 is 25.7. The second kappa shape index (κ2) is 7.55. The van der Waals surface area contributed by atoms with Crippen LogP contribution < -0.4 is 0 Å². The predicted molar refractivity (Wildman–Crippen MR) is 92.5 cm³/mol. The third kappa shape index (κ3) is 4.29. The van der Waals surface area contributed by atoms with Crippen LogP contribution >= 0.6 is 0 Å². The van der Waals surface area contributed by atoms with Crippen molar-refractivity contribution in [3.05, 3.63) is 65.7 Å². The molecule has 0 aliphatic heterocycles. The first-order valence-electron chi connectivity index (χ1n) is 7.84. The summed E-state index contributed by atoms with van der Waals surface area (Å²) in [5.74, 6) is -0.125.